The second-order valence-corrected chi connectivity index (χ2v) is 3.39. The van der Waals surface area contributed by atoms with Gasteiger partial charge in [-0.25, -0.2) is 4.79 Å². The number of fused-ring (bicyclic) bond motifs is 1. The van der Waals surface area contributed by atoms with Crippen LogP contribution in [-0.2, 0) is 11.2 Å². The fourth-order valence-corrected chi connectivity index (χ4v) is 1.98. The third-order valence-electron chi connectivity index (χ3n) is 1.95. The molecule has 0 fully saturated rings. The summed E-state index contributed by atoms with van der Waals surface area (Å²) in [6, 6.07) is 0. The van der Waals surface area contributed by atoms with Crippen LogP contribution >= 0.6 is 11.5 Å². The van der Waals surface area contributed by atoms with Crippen molar-refractivity contribution in [1.82, 2.24) is 9.59 Å². The standard InChI is InChI=1S/C7H6N2O2S/c1-3-4(7(10)11)2-5-6(3)12-9-8-5/h2H2,1H3,(H,10,11). The van der Waals surface area contributed by atoms with E-state index in [9.17, 15) is 4.79 Å². The van der Waals surface area contributed by atoms with Crippen LogP contribution in [0.3, 0.4) is 0 Å². The number of aromatic nitrogens is 2. The Kier molecular flexibility index (Phi) is 1.47. The average molecular weight is 182 g/mol. The number of allylic oxidation sites excluding steroid dienone is 1. The molecular weight excluding hydrogens is 176 g/mol. The number of carboxylic acid groups (broad SMARTS) is 1. The second-order valence-electron chi connectivity index (χ2n) is 2.63. The van der Waals surface area contributed by atoms with Crippen LogP contribution in [0.5, 0.6) is 0 Å². The van der Waals surface area contributed by atoms with E-state index in [4.69, 9.17) is 5.11 Å². The van der Waals surface area contributed by atoms with Crippen LogP contribution in [0.15, 0.2) is 5.57 Å². The average Bonchev–Trinajstić information content (AvgIpc) is 2.53. The van der Waals surface area contributed by atoms with Gasteiger partial charge in [0.2, 0.25) is 0 Å². The molecule has 0 radical (unpaired) electrons. The lowest BCUT2D eigenvalue weighted by Crippen LogP contribution is -2.01. The molecule has 5 heteroatoms. The molecule has 0 unspecified atom stereocenters. The highest BCUT2D eigenvalue weighted by molar-refractivity contribution is 7.07. The number of hydrogen-bond donors (Lipinski definition) is 1. The van der Waals surface area contributed by atoms with E-state index in [0.717, 1.165) is 16.1 Å². The molecule has 2 rings (SSSR count). The minimum atomic E-state index is -0.849. The molecule has 0 aromatic carbocycles. The minimum absolute atomic E-state index is 0.424. The van der Waals surface area contributed by atoms with Gasteiger partial charge in [-0.3, -0.25) is 0 Å². The summed E-state index contributed by atoms with van der Waals surface area (Å²) in [6.45, 7) is 1.80. The molecule has 1 aliphatic carbocycles. The van der Waals surface area contributed by atoms with Crippen LogP contribution in [0.2, 0.25) is 0 Å². The summed E-state index contributed by atoms with van der Waals surface area (Å²) in [5.74, 6) is -0.849. The van der Waals surface area contributed by atoms with Gasteiger partial charge in [0.1, 0.15) is 0 Å². The molecule has 1 N–H and O–H groups in total. The van der Waals surface area contributed by atoms with Gasteiger partial charge in [-0.1, -0.05) is 4.49 Å². The first-order valence-corrected chi connectivity index (χ1v) is 4.22. The minimum Gasteiger partial charge on any atom is -0.478 e. The summed E-state index contributed by atoms with van der Waals surface area (Å²) in [5.41, 5.74) is 2.06. The van der Waals surface area contributed by atoms with Crippen molar-refractivity contribution >= 4 is 23.1 Å². The maximum atomic E-state index is 10.7. The third-order valence-corrected chi connectivity index (χ3v) is 2.84. The summed E-state index contributed by atoms with van der Waals surface area (Å²) >= 11 is 1.26. The van der Waals surface area contributed by atoms with Crippen LogP contribution in [-0.4, -0.2) is 20.7 Å². The Bertz CT molecular complexity index is 381. The maximum Gasteiger partial charge on any atom is 0.332 e. The highest BCUT2D eigenvalue weighted by Crippen LogP contribution is 2.33. The highest BCUT2D eigenvalue weighted by atomic mass is 32.1. The lowest BCUT2D eigenvalue weighted by atomic mass is 10.2. The number of hydrogen-bond acceptors (Lipinski definition) is 4. The molecule has 62 valence electrons. The maximum absolute atomic E-state index is 10.7. The van der Waals surface area contributed by atoms with E-state index in [0.29, 0.717) is 12.0 Å². The zero-order chi connectivity index (χ0) is 8.72. The Hall–Kier alpha value is -1.23. The Balaban J connectivity index is 2.51. The largest absolute Gasteiger partial charge is 0.478 e. The van der Waals surface area contributed by atoms with Gasteiger partial charge in [-0.05, 0) is 24.0 Å². The monoisotopic (exact) mass is 182 g/mol. The topological polar surface area (TPSA) is 63.1 Å². The molecule has 0 aliphatic heterocycles. The predicted octanol–water partition coefficient (Wildman–Crippen LogP) is 0.952. The molecule has 1 heterocycles. The Morgan fingerprint density at radius 2 is 2.42 bits per heavy atom. The van der Waals surface area contributed by atoms with Gasteiger partial charge < -0.3 is 5.11 Å². The van der Waals surface area contributed by atoms with Crippen molar-refractivity contribution in [3.63, 3.8) is 0 Å². The van der Waals surface area contributed by atoms with Crippen LogP contribution in [0.25, 0.3) is 5.57 Å². The van der Waals surface area contributed by atoms with Crippen LogP contribution < -0.4 is 0 Å². The normalized spacial score (nSPS) is 15.1. The van der Waals surface area contributed by atoms with Crippen molar-refractivity contribution in [2.45, 2.75) is 13.3 Å². The fraction of sp³-hybridized carbons (Fsp3) is 0.286. The molecule has 0 saturated carbocycles. The highest BCUT2D eigenvalue weighted by Gasteiger charge is 2.26. The smallest absolute Gasteiger partial charge is 0.332 e. The Morgan fingerprint density at radius 3 is 3.00 bits per heavy atom. The summed E-state index contributed by atoms with van der Waals surface area (Å²) in [6.07, 6.45) is 0.424. The zero-order valence-corrected chi connectivity index (χ0v) is 7.18. The van der Waals surface area contributed by atoms with Gasteiger partial charge in [0.05, 0.1) is 10.6 Å². The van der Waals surface area contributed by atoms with E-state index in [-0.39, 0.29) is 0 Å². The number of rotatable bonds is 1. The van der Waals surface area contributed by atoms with E-state index < -0.39 is 5.97 Å². The summed E-state index contributed by atoms with van der Waals surface area (Å²) in [5, 5.41) is 12.6. The lowest BCUT2D eigenvalue weighted by molar-refractivity contribution is -0.132. The molecule has 0 bridgehead atoms. The van der Waals surface area contributed by atoms with Gasteiger partial charge in [-0.2, -0.15) is 0 Å². The predicted molar refractivity (Wildman–Crippen MR) is 43.8 cm³/mol. The number of carbonyl (C=O) groups is 1. The van der Waals surface area contributed by atoms with E-state index in [1.807, 2.05) is 0 Å². The number of aliphatic carboxylic acids is 1. The first kappa shape index (κ1) is 7.42. The summed E-state index contributed by atoms with van der Waals surface area (Å²) in [4.78, 5) is 11.6. The van der Waals surface area contributed by atoms with Gasteiger partial charge in [0.25, 0.3) is 0 Å². The summed E-state index contributed by atoms with van der Waals surface area (Å²) in [7, 11) is 0. The van der Waals surface area contributed by atoms with Crippen molar-refractivity contribution < 1.29 is 9.90 Å². The van der Waals surface area contributed by atoms with E-state index in [1.54, 1.807) is 6.92 Å². The quantitative estimate of drug-likeness (QED) is 0.702. The molecule has 1 aliphatic rings. The fourth-order valence-electron chi connectivity index (χ4n) is 1.28. The summed E-state index contributed by atoms with van der Waals surface area (Å²) < 4.78 is 3.75. The van der Waals surface area contributed by atoms with Crippen molar-refractivity contribution in [3.8, 4) is 0 Å². The third kappa shape index (κ3) is 0.863. The van der Waals surface area contributed by atoms with Gasteiger partial charge in [0.15, 0.2) is 0 Å². The zero-order valence-electron chi connectivity index (χ0n) is 6.37. The Morgan fingerprint density at radius 1 is 1.67 bits per heavy atom. The molecule has 1 aromatic rings. The molecular formula is C7H6N2O2S. The number of nitrogens with zero attached hydrogens (tertiary/aromatic N) is 2. The van der Waals surface area contributed by atoms with Crippen molar-refractivity contribution in [2.75, 3.05) is 0 Å². The van der Waals surface area contributed by atoms with E-state index >= 15 is 0 Å². The second kappa shape index (κ2) is 2.38. The van der Waals surface area contributed by atoms with E-state index in [2.05, 4.69) is 9.59 Å². The molecule has 0 atom stereocenters. The van der Waals surface area contributed by atoms with Crippen molar-refractivity contribution in [3.05, 3.63) is 16.1 Å². The lowest BCUT2D eigenvalue weighted by Gasteiger charge is -1.93. The first-order valence-electron chi connectivity index (χ1n) is 3.45. The van der Waals surface area contributed by atoms with Crippen molar-refractivity contribution in [1.29, 1.82) is 0 Å². The van der Waals surface area contributed by atoms with Crippen LogP contribution in [0, 0.1) is 0 Å². The Labute approximate surface area is 72.7 Å². The van der Waals surface area contributed by atoms with Crippen LogP contribution in [0.4, 0.5) is 0 Å². The van der Waals surface area contributed by atoms with Crippen LogP contribution in [0.1, 0.15) is 17.5 Å². The molecule has 4 nitrogen and oxygen atoms in total. The molecule has 1 aromatic heterocycles. The molecule has 0 spiro atoms. The first-order chi connectivity index (χ1) is 5.70. The van der Waals surface area contributed by atoms with E-state index in [1.165, 1.54) is 11.5 Å². The van der Waals surface area contributed by atoms with Crippen molar-refractivity contribution in [2.24, 2.45) is 0 Å². The molecule has 0 amide bonds. The van der Waals surface area contributed by atoms with Gasteiger partial charge >= 0.3 is 5.97 Å². The molecule has 0 saturated heterocycles. The van der Waals surface area contributed by atoms with Gasteiger partial charge in [-0.15, -0.1) is 5.10 Å². The SMILES string of the molecule is CC1=C(C(=O)O)Cc2nnsc21. The van der Waals surface area contributed by atoms with Gasteiger partial charge in [0, 0.05) is 12.0 Å². The number of carboxylic acids is 1. The molecule has 12 heavy (non-hydrogen) atoms.